The average molecular weight is 300 g/mol. The maximum absolute atomic E-state index is 13.6. The second kappa shape index (κ2) is 7.25. The molecule has 0 heterocycles. The summed E-state index contributed by atoms with van der Waals surface area (Å²) >= 11 is 0. The van der Waals surface area contributed by atoms with Gasteiger partial charge in [0.05, 0.1) is 5.56 Å². The lowest BCUT2D eigenvalue weighted by molar-refractivity contribution is 0.0219. The third-order valence-corrected chi connectivity index (χ3v) is 4.33. The molecule has 0 aliphatic heterocycles. The fraction of sp³-hybridized carbons (Fsp3) is 0.462. The Hall–Kier alpha value is -1.60. The minimum Gasteiger partial charge on any atom is -0.467 e. The Labute approximate surface area is 119 Å². The highest BCUT2D eigenvalue weighted by atomic mass is 28.3. The second-order valence-electron chi connectivity index (χ2n) is 5.61. The van der Waals surface area contributed by atoms with Crippen molar-refractivity contribution in [2.75, 3.05) is 13.4 Å². The summed E-state index contributed by atoms with van der Waals surface area (Å²) < 4.78 is 24.3. The van der Waals surface area contributed by atoms with Crippen LogP contribution in [0.3, 0.4) is 0 Å². The molecule has 0 spiro atoms. The van der Waals surface area contributed by atoms with Gasteiger partial charge in [-0.15, -0.1) is 0 Å². The van der Waals surface area contributed by atoms with Crippen molar-refractivity contribution in [3.05, 3.63) is 29.6 Å². The first-order chi connectivity index (χ1) is 9.33. The van der Waals surface area contributed by atoms with Crippen molar-refractivity contribution in [2.45, 2.75) is 25.7 Å². The van der Waals surface area contributed by atoms with E-state index in [1.807, 2.05) is 0 Å². The summed E-state index contributed by atoms with van der Waals surface area (Å²) in [5.41, 5.74) is 5.35. The Morgan fingerprint density at radius 3 is 2.65 bits per heavy atom. The maximum atomic E-state index is 13.6. The summed E-state index contributed by atoms with van der Waals surface area (Å²) in [4.78, 5) is 0. The Morgan fingerprint density at radius 2 is 2.10 bits per heavy atom. The van der Waals surface area contributed by atoms with Crippen LogP contribution in [0.1, 0.15) is 5.56 Å². The lowest BCUT2D eigenvalue weighted by atomic mass is 10.2. The van der Waals surface area contributed by atoms with Crippen molar-refractivity contribution in [3.63, 3.8) is 0 Å². The number of hydrogen-bond acceptors (Lipinski definition) is 4. The van der Waals surface area contributed by atoms with Crippen molar-refractivity contribution < 1.29 is 19.1 Å². The number of benzene rings is 1. The van der Waals surface area contributed by atoms with Crippen LogP contribution < -0.4 is 10.5 Å². The first-order valence-corrected chi connectivity index (χ1v) is 10.0. The van der Waals surface area contributed by atoms with Crippen LogP contribution in [0, 0.1) is 5.82 Å². The molecule has 0 aliphatic carbocycles. The molecule has 0 saturated carbocycles. The molecule has 0 aliphatic rings. The number of oxime groups is 1. The minimum atomic E-state index is -1.11. The van der Waals surface area contributed by atoms with E-state index in [4.69, 9.17) is 20.4 Å². The second-order valence-corrected chi connectivity index (χ2v) is 11.2. The van der Waals surface area contributed by atoms with E-state index in [0.717, 1.165) is 6.04 Å². The Balaban J connectivity index is 2.44. The van der Waals surface area contributed by atoms with E-state index in [2.05, 4.69) is 24.8 Å². The van der Waals surface area contributed by atoms with Crippen LogP contribution in [-0.4, -0.2) is 32.5 Å². The molecule has 0 radical (unpaired) electrons. The Morgan fingerprint density at radius 1 is 1.40 bits per heavy atom. The highest BCUT2D eigenvalue weighted by Gasteiger charge is 2.12. The number of amidine groups is 1. The normalized spacial score (nSPS) is 12.5. The molecule has 0 atom stereocenters. The molecule has 0 amide bonds. The van der Waals surface area contributed by atoms with E-state index in [9.17, 15) is 4.39 Å². The number of nitrogens with two attached hydrogens (primary N) is 1. The molecule has 112 valence electrons. The SMILES string of the molecule is C[Si](C)(C)CCOCOc1ccc(/C(N)=N/O)c(F)c1. The van der Waals surface area contributed by atoms with Gasteiger partial charge in [-0.2, -0.15) is 0 Å². The molecule has 1 aromatic carbocycles. The van der Waals surface area contributed by atoms with Gasteiger partial charge in [0.2, 0.25) is 0 Å². The van der Waals surface area contributed by atoms with E-state index in [0.29, 0.717) is 12.4 Å². The zero-order chi connectivity index (χ0) is 15.2. The van der Waals surface area contributed by atoms with Crippen LogP contribution in [0.15, 0.2) is 23.4 Å². The molecule has 3 N–H and O–H groups in total. The van der Waals surface area contributed by atoms with Gasteiger partial charge in [-0.05, 0) is 18.2 Å². The van der Waals surface area contributed by atoms with E-state index in [1.54, 1.807) is 6.07 Å². The highest BCUT2D eigenvalue weighted by Crippen LogP contribution is 2.16. The first kappa shape index (κ1) is 16.5. The average Bonchev–Trinajstić information content (AvgIpc) is 2.36. The largest absolute Gasteiger partial charge is 0.467 e. The number of halogens is 1. The molecule has 0 fully saturated rings. The molecule has 1 aromatic rings. The van der Waals surface area contributed by atoms with Gasteiger partial charge in [-0.1, -0.05) is 24.8 Å². The lowest BCUT2D eigenvalue weighted by Gasteiger charge is -2.15. The fourth-order valence-corrected chi connectivity index (χ4v) is 2.15. The predicted octanol–water partition coefficient (Wildman–Crippen LogP) is 2.61. The zero-order valence-electron chi connectivity index (χ0n) is 12.0. The monoisotopic (exact) mass is 300 g/mol. The van der Waals surface area contributed by atoms with Crippen LogP contribution in [0.5, 0.6) is 5.75 Å². The van der Waals surface area contributed by atoms with E-state index in [-0.39, 0.29) is 18.2 Å². The minimum absolute atomic E-state index is 0.0273. The lowest BCUT2D eigenvalue weighted by Crippen LogP contribution is -2.22. The maximum Gasteiger partial charge on any atom is 0.189 e. The molecule has 7 heteroatoms. The number of nitrogens with zero attached hydrogens (tertiary/aromatic N) is 1. The summed E-state index contributed by atoms with van der Waals surface area (Å²) in [7, 11) is -1.11. The topological polar surface area (TPSA) is 77.1 Å². The van der Waals surface area contributed by atoms with Crippen LogP contribution in [0.2, 0.25) is 25.7 Å². The quantitative estimate of drug-likeness (QED) is 0.154. The summed E-state index contributed by atoms with van der Waals surface area (Å²) in [6.45, 7) is 7.50. The van der Waals surface area contributed by atoms with Crippen LogP contribution in [-0.2, 0) is 4.74 Å². The molecule has 1 rings (SSSR count). The molecule has 5 nitrogen and oxygen atoms in total. The van der Waals surface area contributed by atoms with Gasteiger partial charge in [0.15, 0.2) is 12.6 Å². The molecule has 0 bridgehead atoms. The van der Waals surface area contributed by atoms with Gasteiger partial charge in [0, 0.05) is 20.7 Å². The van der Waals surface area contributed by atoms with E-state index >= 15 is 0 Å². The summed E-state index contributed by atoms with van der Waals surface area (Å²) in [5, 5.41) is 11.2. The van der Waals surface area contributed by atoms with Gasteiger partial charge in [-0.25, -0.2) is 4.39 Å². The summed E-state index contributed by atoms with van der Waals surface area (Å²) in [5.74, 6) is -0.551. The van der Waals surface area contributed by atoms with Gasteiger partial charge in [-0.3, -0.25) is 0 Å². The van der Waals surface area contributed by atoms with E-state index in [1.165, 1.54) is 12.1 Å². The van der Waals surface area contributed by atoms with Crippen LogP contribution in [0.4, 0.5) is 4.39 Å². The third-order valence-electron chi connectivity index (χ3n) is 2.63. The first-order valence-electron chi connectivity index (χ1n) is 6.31. The molecule has 0 saturated heterocycles. The smallest absolute Gasteiger partial charge is 0.189 e. The Bertz CT molecular complexity index is 475. The number of rotatable bonds is 7. The van der Waals surface area contributed by atoms with Gasteiger partial charge in [0.25, 0.3) is 0 Å². The Kier molecular flexibility index (Phi) is 5.96. The fourth-order valence-electron chi connectivity index (χ4n) is 1.39. The summed E-state index contributed by atoms with van der Waals surface area (Å²) in [6.07, 6.45) is 0. The number of ether oxygens (including phenoxy) is 2. The van der Waals surface area contributed by atoms with Crippen LogP contribution >= 0.6 is 0 Å². The van der Waals surface area contributed by atoms with Crippen molar-refractivity contribution >= 4 is 13.9 Å². The molecule has 20 heavy (non-hydrogen) atoms. The third kappa shape index (κ3) is 5.58. The predicted molar refractivity (Wildman–Crippen MR) is 78.5 cm³/mol. The van der Waals surface area contributed by atoms with Gasteiger partial charge < -0.3 is 20.4 Å². The van der Waals surface area contributed by atoms with Crippen LogP contribution in [0.25, 0.3) is 0 Å². The van der Waals surface area contributed by atoms with Crippen molar-refractivity contribution in [2.24, 2.45) is 10.9 Å². The van der Waals surface area contributed by atoms with E-state index < -0.39 is 13.9 Å². The molecular formula is C13H21FN2O3Si. The molecule has 0 aromatic heterocycles. The number of hydrogen-bond donors (Lipinski definition) is 2. The zero-order valence-corrected chi connectivity index (χ0v) is 13.0. The molecule has 0 unspecified atom stereocenters. The highest BCUT2D eigenvalue weighted by molar-refractivity contribution is 6.76. The van der Waals surface area contributed by atoms with Crippen molar-refractivity contribution in [1.29, 1.82) is 0 Å². The molecular weight excluding hydrogens is 279 g/mol. The van der Waals surface area contributed by atoms with Crippen molar-refractivity contribution in [1.82, 2.24) is 0 Å². The van der Waals surface area contributed by atoms with Crippen molar-refractivity contribution in [3.8, 4) is 5.75 Å². The van der Waals surface area contributed by atoms with Gasteiger partial charge in [0.1, 0.15) is 11.6 Å². The van der Waals surface area contributed by atoms with Gasteiger partial charge >= 0.3 is 0 Å². The summed E-state index contributed by atoms with van der Waals surface area (Å²) in [6, 6.07) is 5.16. The standard InChI is InChI=1S/C13H21FN2O3Si/c1-20(2,3)7-6-18-9-19-10-4-5-11(12(14)8-10)13(15)16-17/h4-5,8,17H,6-7,9H2,1-3H3,(H2,15,16).